The molecule has 2 atom stereocenters. The van der Waals surface area contributed by atoms with Crippen LogP contribution in [0.1, 0.15) is 30.5 Å². The van der Waals surface area contributed by atoms with Gasteiger partial charge in [0.15, 0.2) is 0 Å². The molecule has 0 heterocycles. The van der Waals surface area contributed by atoms with Crippen LogP contribution in [0.4, 0.5) is 4.39 Å². The molecule has 0 aliphatic heterocycles. The Morgan fingerprint density at radius 3 is 2.29 bits per heavy atom. The molecule has 78 valence electrons. The second-order valence-electron chi connectivity index (χ2n) is 4.16. The molecule has 0 aliphatic carbocycles. The van der Waals surface area contributed by atoms with Gasteiger partial charge in [-0.25, -0.2) is 4.39 Å². The van der Waals surface area contributed by atoms with E-state index in [0.717, 1.165) is 5.56 Å². The van der Waals surface area contributed by atoms with E-state index in [4.69, 9.17) is 5.73 Å². The molecule has 2 heteroatoms. The van der Waals surface area contributed by atoms with E-state index in [-0.39, 0.29) is 0 Å². The number of nitrogens with two attached hydrogens (primary N) is 1. The van der Waals surface area contributed by atoms with Crippen molar-refractivity contribution in [2.24, 2.45) is 5.73 Å². The molecule has 0 aliphatic rings. The lowest BCUT2D eigenvalue weighted by Gasteiger charge is -2.25. The lowest BCUT2D eigenvalue weighted by Crippen LogP contribution is -2.37. The Labute approximate surface area is 85.1 Å². The molecule has 0 saturated heterocycles. The van der Waals surface area contributed by atoms with Gasteiger partial charge in [-0.3, -0.25) is 0 Å². The molecular weight excluding hydrogens is 177 g/mol. The summed E-state index contributed by atoms with van der Waals surface area (Å²) in [6, 6.07) is 5.12. The third-order valence-corrected chi connectivity index (χ3v) is 2.93. The SMILES string of the molecule is Cc1ccc(C(C)(F)C(C)N)cc1C. The summed E-state index contributed by atoms with van der Waals surface area (Å²) in [6.45, 7) is 7.22. The third kappa shape index (κ3) is 1.95. The lowest BCUT2D eigenvalue weighted by molar-refractivity contribution is 0.158. The van der Waals surface area contributed by atoms with E-state index in [9.17, 15) is 4.39 Å². The van der Waals surface area contributed by atoms with Gasteiger partial charge < -0.3 is 5.73 Å². The zero-order valence-corrected chi connectivity index (χ0v) is 9.26. The maximum atomic E-state index is 14.1. The fourth-order valence-electron chi connectivity index (χ4n) is 1.31. The molecule has 0 radical (unpaired) electrons. The van der Waals surface area contributed by atoms with Crippen LogP contribution >= 0.6 is 0 Å². The van der Waals surface area contributed by atoms with Crippen molar-refractivity contribution >= 4 is 0 Å². The van der Waals surface area contributed by atoms with Crippen LogP contribution in [-0.2, 0) is 5.67 Å². The van der Waals surface area contributed by atoms with Gasteiger partial charge in [-0.15, -0.1) is 0 Å². The Morgan fingerprint density at radius 1 is 1.29 bits per heavy atom. The second kappa shape index (κ2) is 3.70. The number of benzene rings is 1. The molecule has 0 saturated carbocycles. The summed E-state index contributed by atoms with van der Waals surface area (Å²) < 4.78 is 14.1. The van der Waals surface area contributed by atoms with Crippen LogP contribution in [0.5, 0.6) is 0 Å². The average molecular weight is 195 g/mol. The molecule has 0 amide bonds. The van der Waals surface area contributed by atoms with Crippen molar-refractivity contribution < 1.29 is 4.39 Å². The highest BCUT2D eigenvalue weighted by Gasteiger charge is 2.30. The van der Waals surface area contributed by atoms with E-state index < -0.39 is 11.7 Å². The number of halogens is 1. The number of hydrogen-bond donors (Lipinski definition) is 1. The van der Waals surface area contributed by atoms with Gasteiger partial charge in [-0.2, -0.15) is 0 Å². The van der Waals surface area contributed by atoms with Gasteiger partial charge in [0.2, 0.25) is 0 Å². The Balaban J connectivity index is 3.14. The van der Waals surface area contributed by atoms with Crippen LogP contribution in [0.2, 0.25) is 0 Å². The van der Waals surface area contributed by atoms with Gasteiger partial charge in [0.25, 0.3) is 0 Å². The van der Waals surface area contributed by atoms with Crippen LogP contribution in [0.15, 0.2) is 18.2 Å². The van der Waals surface area contributed by atoms with Gasteiger partial charge in [-0.1, -0.05) is 18.2 Å². The van der Waals surface area contributed by atoms with Crippen LogP contribution in [0.3, 0.4) is 0 Å². The van der Waals surface area contributed by atoms with Gasteiger partial charge in [0.1, 0.15) is 5.67 Å². The van der Waals surface area contributed by atoms with E-state index in [1.54, 1.807) is 6.92 Å². The largest absolute Gasteiger partial charge is 0.325 e. The standard InChI is InChI=1S/C12H18FN/c1-8-5-6-11(7-9(8)2)12(4,13)10(3)14/h5-7,10H,14H2,1-4H3. The Kier molecular flexibility index (Phi) is 2.95. The predicted molar refractivity (Wildman–Crippen MR) is 58.0 cm³/mol. The van der Waals surface area contributed by atoms with Crippen molar-refractivity contribution in [3.8, 4) is 0 Å². The first kappa shape index (κ1) is 11.2. The number of hydrogen-bond acceptors (Lipinski definition) is 1. The highest BCUT2D eigenvalue weighted by molar-refractivity contribution is 5.33. The molecular formula is C12H18FN. The van der Waals surface area contributed by atoms with Crippen molar-refractivity contribution in [1.29, 1.82) is 0 Å². The van der Waals surface area contributed by atoms with Crippen LogP contribution < -0.4 is 5.73 Å². The topological polar surface area (TPSA) is 26.0 Å². The molecule has 1 aromatic rings. The zero-order chi connectivity index (χ0) is 10.9. The van der Waals surface area contributed by atoms with Crippen molar-refractivity contribution in [2.45, 2.75) is 39.4 Å². The van der Waals surface area contributed by atoms with Crippen LogP contribution in [0, 0.1) is 13.8 Å². The molecule has 0 bridgehead atoms. The molecule has 14 heavy (non-hydrogen) atoms. The van der Waals surface area contributed by atoms with Gasteiger partial charge in [0.05, 0.1) is 0 Å². The van der Waals surface area contributed by atoms with Crippen LogP contribution in [0.25, 0.3) is 0 Å². The summed E-state index contributed by atoms with van der Waals surface area (Å²) in [6.07, 6.45) is 0. The first-order valence-corrected chi connectivity index (χ1v) is 4.88. The molecule has 1 aromatic carbocycles. The summed E-state index contributed by atoms with van der Waals surface area (Å²) in [5.41, 5.74) is 7.11. The van der Waals surface area contributed by atoms with E-state index in [0.29, 0.717) is 5.56 Å². The van der Waals surface area contributed by atoms with Gasteiger partial charge in [0, 0.05) is 6.04 Å². The highest BCUT2D eigenvalue weighted by atomic mass is 19.1. The van der Waals surface area contributed by atoms with Crippen molar-refractivity contribution in [3.05, 3.63) is 34.9 Å². The zero-order valence-electron chi connectivity index (χ0n) is 9.26. The van der Waals surface area contributed by atoms with Crippen molar-refractivity contribution in [3.63, 3.8) is 0 Å². The second-order valence-corrected chi connectivity index (χ2v) is 4.16. The van der Waals surface area contributed by atoms with Crippen LogP contribution in [-0.4, -0.2) is 6.04 Å². The van der Waals surface area contributed by atoms with Gasteiger partial charge >= 0.3 is 0 Å². The molecule has 0 spiro atoms. The van der Waals surface area contributed by atoms with E-state index in [2.05, 4.69) is 0 Å². The lowest BCUT2D eigenvalue weighted by atomic mass is 9.89. The smallest absolute Gasteiger partial charge is 0.147 e. The Morgan fingerprint density at radius 2 is 1.86 bits per heavy atom. The van der Waals surface area contributed by atoms with Gasteiger partial charge in [-0.05, 0) is 44.4 Å². The summed E-state index contributed by atoms with van der Waals surface area (Å²) in [7, 11) is 0. The Bertz CT molecular complexity index is 329. The molecule has 0 aromatic heterocycles. The number of aryl methyl sites for hydroxylation is 2. The van der Waals surface area contributed by atoms with E-state index in [1.165, 1.54) is 12.5 Å². The predicted octanol–water partition coefficient (Wildman–Crippen LogP) is 2.84. The maximum absolute atomic E-state index is 14.1. The molecule has 0 fully saturated rings. The summed E-state index contributed by atoms with van der Waals surface area (Å²) in [5.74, 6) is 0. The first-order valence-electron chi connectivity index (χ1n) is 4.88. The fraction of sp³-hybridized carbons (Fsp3) is 0.500. The summed E-state index contributed by atoms with van der Waals surface area (Å²) >= 11 is 0. The number of rotatable bonds is 2. The monoisotopic (exact) mass is 195 g/mol. The minimum Gasteiger partial charge on any atom is -0.325 e. The quantitative estimate of drug-likeness (QED) is 0.771. The van der Waals surface area contributed by atoms with Crippen molar-refractivity contribution in [2.75, 3.05) is 0 Å². The minimum absolute atomic E-state index is 0.496. The van der Waals surface area contributed by atoms with Crippen molar-refractivity contribution in [1.82, 2.24) is 0 Å². The molecule has 1 rings (SSSR count). The van der Waals surface area contributed by atoms with E-state index >= 15 is 0 Å². The molecule has 2 N–H and O–H groups in total. The Hall–Kier alpha value is -0.890. The molecule has 1 nitrogen and oxygen atoms in total. The third-order valence-electron chi connectivity index (χ3n) is 2.93. The minimum atomic E-state index is -1.45. The first-order chi connectivity index (χ1) is 6.35. The number of alkyl halides is 1. The fourth-order valence-corrected chi connectivity index (χ4v) is 1.31. The highest BCUT2D eigenvalue weighted by Crippen LogP contribution is 2.29. The van der Waals surface area contributed by atoms with E-state index in [1.807, 2.05) is 32.0 Å². The summed E-state index contributed by atoms with van der Waals surface area (Å²) in [5, 5.41) is 0. The summed E-state index contributed by atoms with van der Waals surface area (Å²) in [4.78, 5) is 0. The maximum Gasteiger partial charge on any atom is 0.147 e. The normalized spacial score (nSPS) is 17.6. The average Bonchev–Trinajstić information content (AvgIpc) is 2.09. The molecule has 2 unspecified atom stereocenters.